The van der Waals surface area contributed by atoms with E-state index in [9.17, 15) is 0 Å². The molecule has 1 aromatic carbocycles. The zero-order valence-corrected chi connectivity index (χ0v) is 9.97. The van der Waals surface area contributed by atoms with E-state index in [1.165, 1.54) is 0 Å². The molecule has 1 heterocycles. The number of nitrogens with two attached hydrogens (primary N) is 1. The van der Waals surface area contributed by atoms with Gasteiger partial charge in [0.1, 0.15) is 11.6 Å². The summed E-state index contributed by atoms with van der Waals surface area (Å²) in [5.74, 6) is 1.43. The molecule has 0 saturated heterocycles. The number of aromatic nitrogens is 2. The van der Waals surface area contributed by atoms with Gasteiger partial charge in [-0.1, -0.05) is 11.6 Å². The Hall–Kier alpha value is -1.94. The Kier molecular flexibility index (Phi) is 3.35. The molecule has 0 aliphatic carbocycles. The fourth-order valence-electron chi connectivity index (χ4n) is 1.67. The van der Waals surface area contributed by atoms with Gasteiger partial charge in [-0.15, -0.1) is 0 Å². The summed E-state index contributed by atoms with van der Waals surface area (Å²) in [6.07, 6.45) is 1.71. The number of hydrogen-bond acceptors (Lipinski definition) is 4. The van der Waals surface area contributed by atoms with Gasteiger partial charge >= 0.3 is 0 Å². The molecule has 4 heteroatoms. The molecule has 4 nitrogen and oxygen atoms in total. The minimum absolute atomic E-state index is 0.335. The van der Waals surface area contributed by atoms with E-state index < -0.39 is 0 Å². The van der Waals surface area contributed by atoms with E-state index in [1.807, 2.05) is 31.2 Å². The molecule has 0 fully saturated rings. The fraction of sp³-hybridized carbons (Fsp3) is 0.231. The van der Waals surface area contributed by atoms with Crippen LogP contribution in [0.3, 0.4) is 0 Å². The third kappa shape index (κ3) is 2.42. The normalized spacial score (nSPS) is 10.3. The highest BCUT2D eigenvalue weighted by atomic mass is 16.5. The lowest BCUT2D eigenvalue weighted by molar-refractivity contribution is 0.416. The maximum Gasteiger partial charge on any atom is 0.142 e. The van der Waals surface area contributed by atoms with Crippen LogP contribution >= 0.6 is 0 Å². The van der Waals surface area contributed by atoms with Gasteiger partial charge in [-0.05, 0) is 25.1 Å². The third-order valence-corrected chi connectivity index (χ3v) is 2.52. The molecule has 0 bridgehead atoms. The van der Waals surface area contributed by atoms with E-state index in [1.54, 1.807) is 13.3 Å². The van der Waals surface area contributed by atoms with Crippen LogP contribution in [-0.2, 0) is 6.54 Å². The molecule has 2 aromatic rings. The second-order valence-electron chi connectivity index (χ2n) is 3.77. The molecule has 0 atom stereocenters. The minimum atomic E-state index is 0.335. The topological polar surface area (TPSA) is 61.0 Å². The fourth-order valence-corrected chi connectivity index (χ4v) is 1.67. The van der Waals surface area contributed by atoms with Crippen LogP contribution in [0.15, 0.2) is 30.5 Å². The first kappa shape index (κ1) is 11.5. The van der Waals surface area contributed by atoms with E-state index in [2.05, 4.69) is 9.97 Å². The smallest absolute Gasteiger partial charge is 0.142 e. The van der Waals surface area contributed by atoms with Crippen molar-refractivity contribution in [1.82, 2.24) is 9.97 Å². The van der Waals surface area contributed by atoms with E-state index in [4.69, 9.17) is 10.5 Å². The van der Waals surface area contributed by atoms with Gasteiger partial charge in [-0.2, -0.15) is 0 Å². The predicted molar refractivity (Wildman–Crippen MR) is 66.6 cm³/mol. The Labute approximate surface area is 100 Å². The van der Waals surface area contributed by atoms with Crippen molar-refractivity contribution < 1.29 is 4.74 Å². The summed E-state index contributed by atoms with van der Waals surface area (Å²) in [5, 5.41) is 0. The molecular formula is C13H15N3O. The van der Waals surface area contributed by atoms with Crippen LogP contribution in [0, 0.1) is 6.92 Å². The van der Waals surface area contributed by atoms with E-state index in [0.717, 1.165) is 22.6 Å². The summed E-state index contributed by atoms with van der Waals surface area (Å²) >= 11 is 0. The van der Waals surface area contributed by atoms with Gasteiger partial charge in [-0.25, -0.2) is 9.97 Å². The van der Waals surface area contributed by atoms with Gasteiger partial charge in [-0.3, -0.25) is 0 Å². The van der Waals surface area contributed by atoms with Crippen LogP contribution in [0.1, 0.15) is 11.4 Å². The van der Waals surface area contributed by atoms with Gasteiger partial charge in [0.25, 0.3) is 0 Å². The van der Waals surface area contributed by atoms with Gasteiger partial charge in [0.2, 0.25) is 0 Å². The molecule has 1 aromatic heterocycles. The first-order chi connectivity index (χ1) is 8.24. The monoisotopic (exact) mass is 229 g/mol. The molecular weight excluding hydrogens is 214 g/mol. The molecule has 0 unspecified atom stereocenters. The number of rotatable bonds is 3. The first-order valence-electron chi connectivity index (χ1n) is 5.41. The SMILES string of the molecule is COc1ccc(C)cc1-c1ccnc(CN)n1. The molecule has 0 amide bonds. The van der Waals surface area contributed by atoms with Gasteiger partial charge in [0, 0.05) is 11.8 Å². The van der Waals surface area contributed by atoms with Crippen molar-refractivity contribution in [2.75, 3.05) is 7.11 Å². The molecule has 0 aliphatic heterocycles. The van der Waals surface area contributed by atoms with Gasteiger partial charge in [0.15, 0.2) is 0 Å². The maximum atomic E-state index is 5.54. The average molecular weight is 229 g/mol. The van der Waals surface area contributed by atoms with Crippen molar-refractivity contribution >= 4 is 0 Å². The van der Waals surface area contributed by atoms with Crippen molar-refractivity contribution in [1.29, 1.82) is 0 Å². The molecule has 2 N–H and O–H groups in total. The number of hydrogen-bond donors (Lipinski definition) is 1. The summed E-state index contributed by atoms with van der Waals surface area (Å²) in [6.45, 7) is 2.37. The van der Waals surface area contributed by atoms with Gasteiger partial charge in [0.05, 0.1) is 19.3 Å². The largest absolute Gasteiger partial charge is 0.496 e. The van der Waals surface area contributed by atoms with E-state index in [-0.39, 0.29) is 0 Å². The van der Waals surface area contributed by atoms with Crippen molar-refractivity contribution in [2.45, 2.75) is 13.5 Å². The number of benzene rings is 1. The lowest BCUT2D eigenvalue weighted by atomic mass is 10.1. The van der Waals surface area contributed by atoms with Crippen LogP contribution in [0.4, 0.5) is 0 Å². The van der Waals surface area contributed by atoms with E-state index >= 15 is 0 Å². The van der Waals surface area contributed by atoms with Crippen LogP contribution in [0.2, 0.25) is 0 Å². The molecule has 0 spiro atoms. The molecule has 0 radical (unpaired) electrons. The van der Waals surface area contributed by atoms with E-state index in [0.29, 0.717) is 12.4 Å². The Morgan fingerprint density at radius 1 is 1.29 bits per heavy atom. The molecule has 2 rings (SSSR count). The van der Waals surface area contributed by atoms with Crippen molar-refractivity contribution in [3.8, 4) is 17.0 Å². The number of aryl methyl sites for hydroxylation is 1. The highest BCUT2D eigenvalue weighted by molar-refractivity contribution is 5.67. The Balaban J connectivity index is 2.54. The minimum Gasteiger partial charge on any atom is -0.496 e. The highest BCUT2D eigenvalue weighted by Gasteiger charge is 2.08. The summed E-state index contributed by atoms with van der Waals surface area (Å²) in [5.41, 5.74) is 8.50. The Morgan fingerprint density at radius 2 is 2.12 bits per heavy atom. The lowest BCUT2D eigenvalue weighted by Gasteiger charge is -2.09. The highest BCUT2D eigenvalue weighted by Crippen LogP contribution is 2.29. The molecule has 0 aliphatic rings. The lowest BCUT2D eigenvalue weighted by Crippen LogP contribution is -2.03. The second-order valence-corrected chi connectivity index (χ2v) is 3.77. The predicted octanol–water partition coefficient (Wildman–Crippen LogP) is 1.92. The third-order valence-electron chi connectivity index (χ3n) is 2.52. The van der Waals surface area contributed by atoms with Crippen molar-refractivity contribution in [3.63, 3.8) is 0 Å². The van der Waals surface area contributed by atoms with Gasteiger partial charge < -0.3 is 10.5 Å². The second kappa shape index (κ2) is 4.93. The Bertz CT molecular complexity index is 526. The standard InChI is InChI=1S/C13H15N3O/c1-9-3-4-12(17-2)10(7-9)11-5-6-15-13(8-14)16-11/h3-7H,8,14H2,1-2H3. The summed E-state index contributed by atoms with van der Waals surface area (Å²) in [6, 6.07) is 7.85. The van der Waals surface area contributed by atoms with Crippen LogP contribution in [0.25, 0.3) is 11.3 Å². The zero-order valence-electron chi connectivity index (χ0n) is 9.97. The van der Waals surface area contributed by atoms with Crippen LogP contribution in [0.5, 0.6) is 5.75 Å². The zero-order chi connectivity index (χ0) is 12.3. The number of ether oxygens (including phenoxy) is 1. The van der Waals surface area contributed by atoms with Crippen molar-refractivity contribution in [2.24, 2.45) is 5.73 Å². The van der Waals surface area contributed by atoms with Crippen LogP contribution in [-0.4, -0.2) is 17.1 Å². The maximum absolute atomic E-state index is 5.54. The summed E-state index contributed by atoms with van der Waals surface area (Å²) < 4.78 is 5.34. The summed E-state index contributed by atoms with van der Waals surface area (Å²) in [7, 11) is 1.65. The number of nitrogens with zero attached hydrogens (tertiary/aromatic N) is 2. The van der Waals surface area contributed by atoms with Crippen molar-refractivity contribution in [3.05, 3.63) is 41.9 Å². The number of methoxy groups -OCH3 is 1. The summed E-state index contributed by atoms with van der Waals surface area (Å²) in [4.78, 5) is 8.48. The first-order valence-corrected chi connectivity index (χ1v) is 5.41. The van der Waals surface area contributed by atoms with Crippen LogP contribution < -0.4 is 10.5 Å². The quantitative estimate of drug-likeness (QED) is 0.873. The Morgan fingerprint density at radius 3 is 2.82 bits per heavy atom. The molecule has 0 saturated carbocycles. The molecule has 17 heavy (non-hydrogen) atoms. The average Bonchev–Trinajstić information content (AvgIpc) is 2.39. The molecule has 88 valence electrons.